The summed E-state index contributed by atoms with van der Waals surface area (Å²) in [6.45, 7) is -1.52. The van der Waals surface area contributed by atoms with Crippen LogP contribution in [0.4, 0.5) is 17.6 Å². The molecule has 0 saturated carbocycles. The summed E-state index contributed by atoms with van der Waals surface area (Å²) >= 11 is 3.28. The summed E-state index contributed by atoms with van der Waals surface area (Å²) in [5.41, 5.74) is 6.60. The molecule has 0 aliphatic carbocycles. The quantitative estimate of drug-likeness (QED) is 0.771. The van der Waals surface area contributed by atoms with Crippen LogP contribution in [0.5, 0.6) is 0 Å². The van der Waals surface area contributed by atoms with Crippen molar-refractivity contribution in [1.82, 2.24) is 0 Å². The standard InChI is InChI=1S/C12H14BrF4NO/c13-9-3-1-8(2-4-9)5-10(18)6-19-7-12(16,17)11(14)15/h1-4,10-11H,5-7,18H2. The molecule has 0 heterocycles. The van der Waals surface area contributed by atoms with Crippen LogP contribution in [0.2, 0.25) is 0 Å². The van der Waals surface area contributed by atoms with Gasteiger partial charge in [-0.25, -0.2) is 8.78 Å². The Bertz CT molecular complexity index is 386. The highest BCUT2D eigenvalue weighted by Gasteiger charge is 2.40. The molecule has 0 saturated heterocycles. The minimum Gasteiger partial charge on any atom is -0.373 e. The van der Waals surface area contributed by atoms with Gasteiger partial charge in [0.15, 0.2) is 0 Å². The first-order valence-electron chi connectivity index (χ1n) is 5.55. The fourth-order valence-electron chi connectivity index (χ4n) is 1.39. The first kappa shape index (κ1) is 16.4. The molecule has 1 atom stereocenters. The van der Waals surface area contributed by atoms with Crippen LogP contribution in [-0.4, -0.2) is 31.6 Å². The van der Waals surface area contributed by atoms with Crippen LogP contribution < -0.4 is 5.73 Å². The van der Waals surface area contributed by atoms with Crippen molar-refractivity contribution in [3.8, 4) is 0 Å². The SMILES string of the molecule is NC(COCC(F)(F)C(F)F)Cc1ccc(Br)cc1. The van der Waals surface area contributed by atoms with Crippen LogP contribution in [0.1, 0.15) is 5.56 Å². The Kier molecular flexibility index (Phi) is 6.22. The third-order valence-corrected chi connectivity index (χ3v) is 2.89. The highest BCUT2D eigenvalue weighted by Crippen LogP contribution is 2.22. The van der Waals surface area contributed by atoms with Crippen molar-refractivity contribution in [3.05, 3.63) is 34.3 Å². The van der Waals surface area contributed by atoms with E-state index in [9.17, 15) is 17.6 Å². The lowest BCUT2D eigenvalue weighted by atomic mass is 10.1. The smallest absolute Gasteiger partial charge is 0.330 e. The molecular formula is C12H14BrF4NO. The number of benzene rings is 1. The predicted molar refractivity (Wildman–Crippen MR) is 67.6 cm³/mol. The molecule has 1 aromatic carbocycles. The number of ether oxygens (including phenoxy) is 1. The molecule has 0 bridgehead atoms. The molecule has 0 spiro atoms. The van der Waals surface area contributed by atoms with Gasteiger partial charge < -0.3 is 10.5 Å². The van der Waals surface area contributed by atoms with Gasteiger partial charge in [-0.05, 0) is 24.1 Å². The average Bonchev–Trinajstić information content (AvgIpc) is 2.31. The van der Waals surface area contributed by atoms with Crippen LogP contribution in [-0.2, 0) is 11.2 Å². The van der Waals surface area contributed by atoms with E-state index in [1.54, 1.807) is 0 Å². The lowest BCUT2D eigenvalue weighted by molar-refractivity contribution is -0.166. The van der Waals surface area contributed by atoms with Gasteiger partial charge in [-0.2, -0.15) is 8.78 Å². The number of hydrogen-bond donors (Lipinski definition) is 1. The maximum atomic E-state index is 12.5. The van der Waals surface area contributed by atoms with Crippen LogP contribution in [0.15, 0.2) is 28.7 Å². The second-order valence-electron chi connectivity index (χ2n) is 4.17. The molecule has 19 heavy (non-hydrogen) atoms. The van der Waals surface area contributed by atoms with Crippen molar-refractivity contribution >= 4 is 15.9 Å². The minimum atomic E-state index is -4.13. The first-order valence-corrected chi connectivity index (χ1v) is 6.34. The summed E-state index contributed by atoms with van der Waals surface area (Å²) in [6.07, 6.45) is -3.30. The fraction of sp³-hybridized carbons (Fsp3) is 0.500. The molecule has 108 valence electrons. The first-order chi connectivity index (χ1) is 8.81. The lowest BCUT2D eigenvalue weighted by Gasteiger charge is -2.17. The Hall–Kier alpha value is -0.660. The maximum absolute atomic E-state index is 12.5. The molecule has 0 aliphatic rings. The van der Waals surface area contributed by atoms with E-state index in [4.69, 9.17) is 5.73 Å². The predicted octanol–water partition coefficient (Wildman–Crippen LogP) is 3.24. The van der Waals surface area contributed by atoms with Crippen molar-refractivity contribution in [3.63, 3.8) is 0 Å². The highest BCUT2D eigenvalue weighted by molar-refractivity contribution is 9.10. The molecule has 0 radical (unpaired) electrons. The second kappa shape index (κ2) is 7.21. The van der Waals surface area contributed by atoms with E-state index in [-0.39, 0.29) is 6.61 Å². The number of hydrogen-bond acceptors (Lipinski definition) is 2. The third-order valence-electron chi connectivity index (χ3n) is 2.36. The number of rotatable bonds is 7. The molecule has 1 rings (SSSR count). The molecule has 0 amide bonds. The Morgan fingerprint density at radius 3 is 2.32 bits per heavy atom. The van der Waals surface area contributed by atoms with Crippen molar-refractivity contribution in [2.45, 2.75) is 24.8 Å². The van der Waals surface area contributed by atoms with Crippen molar-refractivity contribution in [2.75, 3.05) is 13.2 Å². The Morgan fingerprint density at radius 2 is 1.79 bits per heavy atom. The molecule has 1 unspecified atom stereocenters. The minimum absolute atomic E-state index is 0.196. The van der Waals surface area contributed by atoms with Gasteiger partial charge in [0.2, 0.25) is 0 Å². The van der Waals surface area contributed by atoms with Crippen molar-refractivity contribution < 1.29 is 22.3 Å². The zero-order valence-electron chi connectivity index (χ0n) is 9.96. The molecule has 0 aromatic heterocycles. The van der Waals surface area contributed by atoms with Gasteiger partial charge in [-0.15, -0.1) is 0 Å². The van der Waals surface area contributed by atoms with Gasteiger partial charge in [0.25, 0.3) is 0 Å². The summed E-state index contributed by atoms with van der Waals surface area (Å²) in [5.74, 6) is -4.13. The third kappa shape index (κ3) is 5.88. The molecule has 7 heteroatoms. The second-order valence-corrected chi connectivity index (χ2v) is 5.08. The van der Waals surface area contributed by atoms with E-state index in [0.29, 0.717) is 6.42 Å². The fourth-order valence-corrected chi connectivity index (χ4v) is 1.66. The monoisotopic (exact) mass is 343 g/mol. The van der Waals surface area contributed by atoms with Crippen LogP contribution in [0.25, 0.3) is 0 Å². The highest BCUT2D eigenvalue weighted by atomic mass is 79.9. The average molecular weight is 344 g/mol. The van der Waals surface area contributed by atoms with E-state index in [0.717, 1.165) is 10.0 Å². The van der Waals surface area contributed by atoms with Crippen LogP contribution in [0, 0.1) is 0 Å². The van der Waals surface area contributed by atoms with Gasteiger partial charge in [0.1, 0.15) is 6.61 Å². The molecule has 2 N–H and O–H groups in total. The molecule has 2 nitrogen and oxygen atoms in total. The zero-order valence-corrected chi connectivity index (χ0v) is 11.5. The summed E-state index contributed by atoms with van der Waals surface area (Å²) < 4.78 is 54.3. The Labute approximate surface area is 117 Å². The number of alkyl halides is 4. The Balaban J connectivity index is 2.32. The van der Waals surface area contributed by atoms with E-state index < -0.39 is 25.0 Å². The van der Waals surface area contributed by atoms with Crippen molar-refractivity contribution in [1.29, 1.82) is 0 Å². The van der Waals surface area contributed by atoms with E-state index in [2.05, 4.69) is 20.7 Å². The normalized spacial score (nSPS) is 13.8. The molecule has 0 fully saturated rings. The summed E-state index contributed by atoms with van der Waals surface area (Å²) in [4.78, 5) is 0. The van der Waals surface area contributed by atoms with Gasteiger partial charge in [-0.1, -0.05) is 28.1 Å². The molecule has 0 aliphatic heterocycles. The van der Waals surface area contributed by atoms with Gasteiger partial charge in [0.05, 0.1) is 6.61 Å². The zero-order chi connectivity index (χ0) is 14.5. The van der Waals surface area contributed by atoms with E-state index in [1.165, 1.54) is 0 Å². The maximum Gasteiger partial charge on any atom is 0.330 e. The van der Waals surface area contributed by atoms with Gasteiger partial charge >= 0.3 is 12.3 Å². The van der Waals surface area contributed by atoms with E-state index in [1.807, 2.05) is 24.3 Å². The van der Waals surface area contributed by atoms with Gasteiger partial charge in [0, 0.05) is 10.5 Å². The largest absolute Gasteiger partial charge is 0.373 e. The van der Waals surface area contributed by atoms with Gasteiger partial charge in [-0.3, -0.25) is 0 Å². The van der Waals surface area contributed by atoms with Crippen LogP contribution >= 0.6 is 15.9 Å². The summed E-state index contributed by atoms with van der Waals surface area (Å²) in [5, 5.41) is 0. The van der Waals surface area contributed by atoms with E-state index >= 15 is 0 Å². The summed E-state index contributed by atoms with van der Waals surface area (Å²) in [7, 11) is 0. The molecular weight excluding hydrogens is 330 g/mol. The molecule has 1 aromatic rings. The van der Waals surface area contributed by atoms with Crippen LogP contribution in [0.3, 0.4) is 0 Å². The lowest BCUT2D eigenvalue weighted by Crippen LogP contribution is -2.36. The number of nitrogens with two attached hydrogens (primary N) is 1. The topological polar surface area (TPSA) is 35.2 Å². The Morgan fingerprint density at radius 1 is 1.21 bits per heavy atom. The number of halogens is 5. The van der Waals surface area contributed by atoms with Crippen molar-refractivity contribution in [2.24, 2.45) is 5.73 Å². The summed E-state index contributed by atoms with van der Waals surface area (Å²) in [6, 6.07) is 6.80.